The van der Waals surface area contributed by atoms with Crippen LogP contribution >= 0.6 is 0 Å². The highest BCUT2D eigenvalue weighted by Gasteiger charge is 2.02. The Morgan fingerprint density at radius 1 is 1.43 bits per heavy atom. The van der Waals surface area contributed by atoms with E-state index in [-0.39, 0.29) is 5.91 Å². The molecule has 0 bridgehead atoms. The molecular formula is C15H20N4O2. The van der Waals surface area contributed by atoms with E-state index >= 15 is 0 Å². The van der Waals surface area contributed by atoms with Crippen molar-refractivity contribution in [1.29, 1.82) is 0 Å². The van der Waals surface area contributed by atoms with Gasteiger partial charge in [-0.3, -0.25) is 4.79 Å². The van der Waals surface area contributed by atoms with Gasteiger partial charge in [0.25, 0.3) is 0 Å². The van der Waals surface area contributed by atoms with E-state index in [0.29, 0.717) is 31.0 Å². The van der Waals surface area contributed by atoms with E-state index in [1.165, 1.54) is 0 Å². The molecule has 0 unspecified atom stereocenters. The zero-order valence-corrected chi connectivity index (χ0v) is 11.8. The van der Waals surface area contributed by atoms with Gasteiger partial charge in [-0.05, 0) is 18.6 Å². The molecule has 1 aromatic heterocycles. The van der Waals surface area contributed by atoms with Gasteiger partial charge in [-0.15, -0.1) is 0 Å². The van der Waals surface area contributed by atoms with Crippen LogP contribution in [0.4, 0.5) is 5.69 Å². The molecule has 1 heterocycles. The first kappa shape index (κ1) is 14.9. The van der Waals surface area contributed by atoms with Gasteiger partial charge in [-0.25, -0.2) is 4.98 Å². The second-order valence-electron chi connectivity index (χ2n) is 4.66. The quantitative estimate of drug-likeness (QED) is 0.507. The number of benzene rings is 1. The van der Waals surface area contributed by atoms with Crippen LogP contribution in [0.15, 0.2) is 36.7 Å². The van der Waals surface area contributed by atoms with Crippen molar-refractivity contribution in [2.24, 2.45) is 0 Å². The zero-order valence-electron chi connectivity index (χ0n) is 11.8. The summed E-state index contributed by atoms with van der Waals surface area (Å²) in [4.78, 5) is 18.8. The zero-order chi connectivity index (χ0) is 14.9. The average Bonchev–Trinajstić information content (AvgIpc) is 2.97. The summed E-state index contributed by atoms with van der Waals surface area (Å²) in [5.74, 6) is 1.60. The number of amides is 1. The number of hydrogen-bond acceptors (Lipinski definition) is 4. The third-order valence-electron chi connectivity index (χ3n) is 2.92. The lowest BCUT2D eigenvalue weighted by molar-refractivity contribution is -0.121. The number of nitrogens with one attached hydrogen (secondary N) is 2. The molecule has 6 nitrogen and oxygen atoms in total. The first-order valence-electron chi connectivity index (χ1n) is 6.97. The van der Waals surface area contributed by atoms with E-state index in [1.807, 2.05) is 12.1 Å². The van der Waals surface area contributed by atoms with Crippen LogP contribution in [-0.4, -0.2) is 29.0 Å². The van der Waals surface area contributed by atoms with E-state index in [9.17, 15) is 4.79 Å². The third kappa shape index (κ3) is 5.56. The number of rotatable bonds is 8. The molecule has 112 valence electrons. The number of carbonyl (C=O) groups is 1. The number of nitrogens with two attached hydrogens (primary N) is 1. The molecule has 0 aliphatic heterocycles. The monoisotopic (exact) mass is 288 g/mol. The molecule has 2 aromatic rings. The summed E-state index contributed by atoms with van der Waals surface area (Å²) in [5, 5.41) is 2.86. The average molecular weight is 288 g/mol. The van der Waals surface area contributed by atoms with Crippen LogP contribution in [0.5, 0.6) is 5.75 Å². The molecule has 0 saturated carbocycles. The Morgan fingerprint density at radius 3 is 3.10 bits per heavy atom. The third-order valence-corrected chi connectivity index (χ3v) is 2.92. The summed E-state index contributed by atoms with van der Waals surface area (Å²) >= 11 is 0. The van der Waals surface area contributed by atoms with E-state index in [2.05, 4.69) is 15.3 Å². The number of ether oxygens (including phenoxy) is 1. The number of nitrogen functional groups attached to an aromatic ring is 1. The van der Waals surface area contributed by atoms with Gasteiger partial charge in [0, 0.05) is 37.1 Å². The van der Waals surface area contributed by atoms with E-state index in [0.717, 1.165) is 18.7 Å². The highest BCUT2D eigenvalue weighted by molar-refractivity contribution is 5.75. The fourth-order valence-corrected chi connectivity index (χ4v) is 1.87. The van der Waals surface area contributed by atoms with Gasteiger partial charge in [0.15, 0.2) is 0 Å². The summed E-state index contributed by atoms with van der Waals surface area (Å²) < 4.78 is 5.47. The van der Waals surface area contributed by atoms with Crippen molar-refractivity contribution in [2.75, 3.05) is 18.9 Å². The first-order valence-corrected chi connectivity index (χ1v) is 6.97. The molecule has 0 fully saturated rings. The number of aromatic nitrogens is 2. The standard InChI is InChI=1S/C15H20N4O2/c16-12-3-1-4-13(11-12)21-10-6-15(20)19-7-2-5-14-17-8-9-18-14/h1,3-4,8-9,11H,2,5-7,10,16H2,(H,17,18)(H,19,20). The Kier molecular flexibility index (Phi) is 5.63. The van der Waals surface area contributed by atoms with Crippen molar-refractivity contribution in [1.82, 2.24) is 15.3 Å². The minimum atomic E-state index is -0.0154. The lowest BCUT2D eigenvalue weighted by Gasteiger charge is -2.07. The smallest absolute Gasteiger partial charge is 0.223 e. The van der Waals surface area contributed by atoms with Crippen molar-refractivity contribution in [3.05, 3.63) is 42.5 Å². The molecule has 2 rings (SSSR count). The lowest BCUT2D eigenvalue weighted by atomic mass is 10.3. The number of nitrogens with zero attached hydrogens (tertiary/aromatic N) is 1. The Morgan fingerprint density at radius 2 is 2.33 bits per heavy atom. The number of H-pyrrole nitrogens is 1. The maximum atomic E-state index is 11.6. The molecule has 21 heavy (non-hydrogen) atoms. The Labute approximate surface area is 123 Å². The van der Waals surface area contributed by atoms with Crippen molar-refractivity contribution in [3.63, 3.8) is 0 Å². The van der Waals surface area contributed by atoms with Crippen LogP contribution in [0.3, 0.4) is 0 Å². The molecule has 0 aliphatic carbocycles. The van der Waals surface area contributed by atoms with Crippen LogP contribution in [0, 0.1) is 0 Å². The second kappa shape index (κ2) is 7.94. The summed E-state index contributed by atoms with van der Waals surface area (Å²) in [6.45, 7) is 0.977. The molecule has 0 spiro atoms. The van der Waals surface area contributed by atoms with E-state index in [4.69, 9.17) is 10.5 Å². The predicted octanol–water partition coefficient (Wildman–Crippen LogP) is 1.51. The molecule has 4 N–H and O–H groups in total. The maximum absolute atomic E-state index is 11.6. The van der Waals surface area contributed by atoms with E-state index < -0.39 is 0 Å². The minimum absolute atomic E-state index is 0.0154. The van der Waals surface area contributed by atoms with Crippen molar-refractivity contribution in [3.8, 4) is 5.75 Å². The fourth-order valence-electron chi connectivity index (χ4n) is 1.87. The molecule has 0 aliphatic rings. The van der Waals surface area contributed by atoms with E-state index in [1.54, 1.807) is 24.5 Å². The van der Waals surface area contributed by atoms with Gasteiger partial charge in [0.05, 0.1) is 13.0 Å². The van der Waals surface area contributed by atoms with Crippen molar-refractivity contribution in [2.45, 2.75) is 19.3 Å². The van der Waals surface area contributed by atoms with Crippen LogP contribution in [-0.2, 0) is 11.2 Å². The van der Waals surface area contributed by atoms with Crippen LogP contribution in [0.1, 0.15) is 18.7 Å². The maximum Gasteiger partial charge on any atom is 0.223 e. The van der Waals surface area contributed by atoms with Gasteiger partial charge in [-0.2, -0.15) is 0 Å². The molecule has 1 amide bonds. The van der Waals surface area contributed by atoms with Gasteiger partial charge in [-0.1, -0.05) is 6.07 Å². The van der Waals surface area contributed by atoms with Gasteiger partial charge in [0.1, 0.15) is 11.6 Å². The lowest BCUT2D eigenvalue weighted by Crippen LogP contribution is -2.26. The van der Waals surface area contributed by atoms with Crippen molar-refractivity contribution < 1.29 is 9.53 Å². The number of hydrogen-bond donors (Lipinski definition) is 3. The normalized spacial score (nSPS) is 10.3. The largest absolute Gasteiger partial charge is 0.493 e. The summed E-state index contributed by atoms with van der Waals surface area (Å²) in [7, 11) is 0. The molecular weight excluding hydrogens is 268 g/mol. The molecule has 0 saturated heterocycles. The SMILES string of the molecule is Nc1cccc(OCCC(=O)NCCCc2ncc[nH]2)c1. The summed E-state index contributed by atoms with van der Waals surface area (Å²) in [5.41, 5.74) is 6.29. The Bertz CT molecular complexity index is 555. The molecule has 0 radical (unpaired) electrons. The topological polar surface area (TPSA) is 93.0 Å². The molecule has 6 heteroatoms. The number of aromatic amines is 1. The van der Waals surface area contributed by atoms with Crippen LogP contribution in [0.25, 0.3) is 0 Å². The van der Waals surface area contributed by atoms with Crippen molar-refractivity contribution >= 4 is 11.6 Å². The van der Waals surface area contributed by atoms with Gasteiger partial charge >= 0.3 is 0 Å². The molecule has 0 atom stereocenters. The summed E-state index contributed by atoms with van der Waals surface area (Å²) in [6, 6.07) is 7.16. The molecule has 1 aromatic carbocycles. The van der Waals surface area contributed by atoms with Crippen LogP contribution < -0.4 is 15.8 Å². The number of imidazole rings is 1. The van der Waals surface area contributed by atoms with Gasteiger partial charge < -0.3 is 20.8 Å². The summed E-state index contributed by atoms with van der Waals surface area (Å²) in [6.07, 6.45) is 5.53. The Balaban J connectivity index is 1.55. The second-order valence-corrected chi connectivity index (χ2v) is 4.66. The highest BCUT2D eigenvalue weighted by atomic mass is 16.5. The highest BCUT2D eigenvalue weighted by Crippen LogP contribution is 2.14. The predicted molar refractivity (Wildman–Crippen MR) is 80.9 cm³/mol. The first-order chi connectivity index (χ1) is 10.2. The van der Waals surface area contributed by atoms with Gasteiger partial charge in [0.2, 0.25) is 5.91 Å². The Hall–Kier alpha value is -2.50. The van der Waals surface area contributed by atoms with Crippen LogP contribution in [0.2, 0.25) is 0 Å². The number of aryl methyl sites for hydroxylation is 1. The minimum Gasteiger partial charge on any atom is -0.493 e. The number of carbonyl (C=O) groups excluding carboxylic acids is 1. The number of anilines is 1. The fraction of sp³-hybridized carbons (Fsp3) is 0.333.